The molecule has 3 aliphatic heterocycles. The number of benzene rings is 1. The number of para-hydroxylation sites is 2. The first-order valence-electron chi connectivity index (χ1n) is 9.41. The smallest absolute Gasteiger partial charge is 0.327 e. The maximum Gasteiger partial charge on any atom is 0.327 e. The summed E-state index contributed by atoms with van der Waals surface area (Å²) in [6.07, 6.45) is 1.76. The standard InChI is InChI=1S/C19H26N4O3/c1-26-17-7-3-2-5-15(17)21-12-9-20(10-13-21)11-14-23-18(24)16-6-4-8-22(16)19(23)25/h2-3,5,7,16H,4,6,8-14H2,1H3/t16-/m1/s1. The molecule has 0 aliphatic carbocycles. The van der Waals surface area contributed by atoms with Crippen molar-refractivity contribution in [3.63, 3.8) is 0 Å². The van der Waals surface area contributed by atoms with Crippen LogP contribution in [0.4, 0.5) is 10.5 Å². The van der Waals surface area contributed by atoms with Crippen LogP contribution in [0.1, 0.15) is 12.8 Å². The first kappa shape index (κ1) is 17.1. The van der Waals surface area contributed by atoms with Gasteiger partial charge in [0.15, 0.2) is 0 Å². The molecule has 0 saturated carbocycles. The highest BCUT2D eigenvalue weighted by atomic mass is 16.5. The lowest BCUT2D eigenvalue weighted by Crippen LogP contribution is -2.49. The average Bonchev–Trinajstić information content (AvgIpc) is 3.25. The van der Waals surface area contributed by atoms with E-state index >= 15 is 0 Å². The molecule has 3 amide bonds. The Labute approximate surface area is 154 Å². The van der Waals surface area contributed by atoms with Gasteiger partial charge >= 0.3 is 6.03 Å². The van der Waals surface area contributed by atoms with Crippen LogP contribution < -0.4 is 9.64 Å². The molecule has 1 aromatic rings. The number of hydrogen-bond acceptors (Lipinski definition) is 5. The molecule has 3 heterocycles. The molecule has 3 saturated heterocycles. The highest BCUT2D eigenvalue weighted by Gasteiger charge is 2.47. The van der Waals surface area contributed by atoms with Gasteiger partial charge in [0.25, 0.3) is 5.91 Å². The van der Waals surface area contributed by atoms with Gasteiger partial charge in [-0.05, 0) is 25.0 Å². The second-order valence-corrected chi connectivity index (χ2v) is 7.12. The molecule has 26 heavy (non-hydrogen) atoms. The second kappa shape index (κ2) is 7.15. The van der Waals surface area contributed by atoms with E-state index < -0.39 is 0 Å². The van der Waals surface area contributed by atoms with Gasteiger partial charge in [0, 0.05) is 45.8 Å². The minimum Gasteiger partial charge on any atom is -0.495 e. The van der Waals surface area contributed by atoms with Crippen molar-refractivity contribution in [3.05, 3.63) is 24.3 Å². The van der Waals surface area contributed by atoms with Crippen LogP contribution in [-0.2, 0) is 4.79 Å². The lowest BCUT2D eigenvalue weighted by Gasteiger charge is -2.37. The Hall–Kier alpha value is -2.28. The van der Waals surface area contributed by atoms with Crippen molar-refractivity contribution in [1.29, 1.82) is 0 Å². The first-order chi connectivity index (χ1) is 12.7. The van der Waals surface area contributed by atoms with Crippen molar-refractivity contribution in [3.8, 4) is 5.75 Å². The third-order valence-corrected chi connectivity index (χ3v) is 5.72. The minimum absolute atomic E-state index is 0.000146. The molecule has 7 heteroatoms. The van der Waals surface area contributed by atoms with Gasteiger partial charge < -0.3 is 14.5 Å². The van der Waals surface area contributed by atoms with Crippen molar-refractivity contribution in [2.24, 2.45) is 0 Å². The average molecular weight is 358 g/mol. The summed E-state index contributed by atoms with van der Waals surface area (Å²) in [5.41, 5.74) is 1.13. The van der Waals surface area contributed by atoms with Gasteiger partial charge in [0.1, 0.15) is 11.8 Å². The molecular weight excluding hydrogens is 332 g/mol. The summed E-state index contributed by atoms with van der Waals surface area (Å²) >= 11 is 0. The third-order valence-electron chi connectivity index (χ3n) is 5.72. The molecule has 1 aromatic carbocycles. The summed E-state index contributed by atoms with van der Waals surface area (Å²) in [5, 5.41) is 0. The molecule has 3 fully saturated rings. The first-order valence-corrected chi connectivity index (χ1v) is 9.41. The fourth-order valence-electron chi connectivity index (χ4n) is 4.23. The summed E-state index contributed by atoms with van der Waals surface area (Å²) in [4.78, 5) is 32.6. The number of methoxy groups -OCH3 is 1. The summed E-state index contributed by atoms with van der Waals surface area (Å²) < 4.78 is 5.46. The number of piperazine rings is 1. The van der Waals surface area contributed by atoms with Crippen LogP contribution >= 0.6 is 0 Å². The van der Waals surface area contributed by atoms with Crippen LogP contribution in [-0.4, -0.2) is 85.6 Å². The second-order valence-electron chi connectivity index (χ2n) is 7.12. The number of fused-ring (bicyclic) bond motifs is 1. The lowest BCUT2D eigenvalue weighted by atomic mass is 10.2. The molecule has 0 unspecified atom stereocenters. The Morgan fingerprint density at radius 3 is 2.54 bits per heavy atom. The zero-order valence-corrected chi connectivity index (χ0v) is 15.3. The summed E-state index contributed by atoms with van der Waals surface area (Å²) in [5.74, 6) is 0.898. The highest BCUT2D eigenvalue weighted by Crippen LogP contribution is 2.29. The Kier molecular flexibility index (Phi) is 4.72. The molecule has 0 aromatic heterocycles. The number of hydrogen-bond donors (Lipinski definition) is 0. The molecule has 0 spiro atoms. The predicted octanol–water partition coefficient (Wildman–Crippen LogP) is 1.24. The van der Waals surface area contributed by atoms with E-state index in [0.29, 0.717) is 6.54 Å². The fraction of sp³-hybridized carbons (Fsp3) is 0.579. The number of carbonyl (C=O) groups excluding carboxylic acids is 2. The van der Waals surface area contributed by atoms with E-state index in [9.17, 15) is 9.59 Å². The van der Waals surface area contributed by atoms with Gasteiger partial charge in [-0.15, -0.1) is 0 Å². The van der Waals surface area contributed by atoms with Crippen molar-refractivity contribution in [1.82, 2.24) is 14.7 Å². The van der Waals surface area contributed by atoms with Gasteiger partial charge in [-0.1, -0.05) is 12.1 Å². The molecule has 0 N–H and O–H groups in total. The highest BCUT2D eigenvalue weighted by molar-refractivity contribution is 6.04. The van der Waals surface area contributed by atoms with Crippen LogP contribution in [0.15, 0.2) is 24.3 Å². The van der Waals surface area contributed by atoms with E-state index in [1.165, 1.54) is 4.90 Å². The van der Waals surface area contributed by atoms with E-state index in [1.54, 1.807) is 12.0 Å². The van der Waals surface area contributed by atoms with E-state index in [-0.39, 0.29) is 18.0 Å². The molecule has 0 radical (unpaired) electrons. The molecular formula is C19H26N4O3. The van der Waals surface area contributed by atoms with E-state index in [0.717, 1.165) is 63.5 Å². The van der Waals surface area contributed by atoms with Crippen LogP contribution in [0.5, 0.6) is 5.75 Å². The number of urea groups is 1. The number of carbonyl (C=O) groups is 2. The summed E-state index contributed by atoms with van der Waals surface area (Å²) in [6, 6.07) is 7.80. The Morgan fingerprint density at radius 1 is 1.04 bits per heavy atom. The van der Waals surface area contributed by atoms with Crippen LogP contribution in [0.2, 0.25) is 0 Å². The third kappa shape index (κ3) is 3.00. The van der Waals surface area contributed by atoms with Gasteiger partial charge in [-0.25, -0.2) is 4.79 Å². The van der Waals surface area contributed by atoms with Crippen LogP contribution in [0.3, 0.4) is 0 Å². The van der Waals surface area contributed by atoms with E-state index in [2.05, 4.69) is 15.9 Å². The Morgan fingerprint density at radius 2 is 1.81 bits per heavy atom. The van der Waals surface area contributed by atoms with Crippen molar-refractivity contribution < 1.29 is 14.3 Å². The van der Waals surface area contributed by atoms with Gasteiger partial charge in [-0.3, -0.25) is 14.6 Å². The number of rotatable bonds is 5. The largest absolute Gasteiger partial charge is 0.495 e. The quantitative estimate of drug-likeness (QED) is 0.742. The van der Waals surface area contributed by atoms with Gasteiger partial charge in [0.05, 0.1) is 12.8 Å². The summed E-state index contributed by atoms with van der Waals surface area (Å²) in [7, 11) is 1.70. The minimum atomic E-state index is -0.190. The monoisotopic (exact) mass is 358 g/mol. The Bertz CT molecular complexity index is 665. The molecule has 0 bridgehead atoms. The number of nitrogens with zero attached hydrogens (tertiary/aromatic N) is 4. The number of anilines is 1. The van der Waals surface area contributed by atoms with Crippen LogP contribution in [0, 0.1) is 0 Å². The molecule has 4 rings (SSSR count). The zero-order chi connectivity index (χ0) is 18.1. The van der Waals surface area contributed by atoms with Crippen molar-refractivity contribution >= 4 is 17.6 Å². The van der Waals surface area contributed by atoms with Crippen molar-refractivity contribution in [2.45, 2.75) is 18.9 Å². The normalized spacial score (nSPS) is 23.7. The molecule has 1 atom stereocenters. The molecule has 7 nitrogen and oxygen atoms in total. The zero-order valence-electron chi connectivity index (χ0n) is 15.3. The maximum absolute atomic E-state index is 12.4. The number of imide groups is 1. The topological polar surface area (TPSA) is 56.3 Å². The predicted molar refractivity (Wildman–Crippen MR) is 98.5 cm³/mol. The SMILES string of the molecule is COc1ccccc1N1CCN(CCN2C(=O)[C@H]3CCCN3C2=O)CC1. The molecule has 3 aliphatic rings. The van der Waals surface area contributed by atoms with Crippen molar-refractivity contribution in [2.75, 3.05) is 57.8 Å². The van der Waals surface area contributed by atoms with Crippen LogP contribution in [0.25, 0.3) is 0 Å². The number of amides is 3. The van der Waals surface area contributed by atoms with E-state index in [4.69, 9.17) is 4.74 Å². The lowest BCUT2D eigenvalue weighted by molar-refractivity contribution is -0.128. The van der Waals surface area contributed by atoms with Gasteiger partial charge in [-0.2, -0.15) is 0 Å². The van der Waals surface area contributed by atoms with Gasteiger partial charge in [0.2, 0.25) is 0 Å². The fourth-order valence-corrected chi connectivity index (χ4v) is 4.23. The Balaban J connectivity index is 1.29. The van der Waals surface area contributed by atoms with E-state index in [1.807, 2.05) is 18.2 Å². The summed E-state index contributed by atoms with van der Waals surface area (Å²) in [6.45, 7) is 5.64. The molecule has 140 valence electrons. The number of ether oxygens (including phenoxy) is 1. The maximum atomic E-state index is 12.4.